The first-order chi connectivity index (χ1) is 11.5. The van der Waals surface area contributed by atoms with E-state index >= 15 is 0 Å². The number of benzene rings is 1. The van der Waals surface area contributed by atoms with Crippen molar-refractivity contribution in [3.05, 3.63) is 29.8 Å². The lowest BCUT2D eigenvalue weighted by atomic mass is 10.1. The van der Waals surface area contributed by atoms with Crippen LogP contribution in [0, 0.1) is 6.92 Å². The molecule has 2 unspecified atom stereocenters. The molecule has 1 aromatic rings. The summed E-state index contributed by atoms with van der Waals surface area (Å²) in [7, 11) is 2.08. The Morgan fingerprint density at radius 3 is 2.56 bits per heavy atom. The fourth-order valence-electron chi connectivity index (χ4n) is 3.44. The predicted octanol–water partition coefficient (Wildman–Crippen LogP) is 4.48. The van der Waals surface area contributed by atoms with Crippen molar-refractivity contribution < 1.29 is 4.79 Å². The smallest absolute Gasteiger partial charge is 0.226 e. The molecule has 2 fully saturated rings. The van der Waals surface area contributed by atoms with Crippen molar-refractivity contribution >= 4 is 40.9 Å². The molecule has 1 saturated heterocycles. The number of aryl methyl sites for hydroxylation is 1. The molecule has 1 saturated carbocycles. The van der Waals surface area contributed by atoms with Gasteiger partial charge >= 0.3 is 0 Å². The highest BCUT2D eigenvalue weighted by Crippen LogP contribution is 2.34. The van der Waals surface area contributed by atoms with E-state index in [1.165, 1.54) is 31.2 Å². The lowest BCUT2D eigenvalue weighted by Crippen LogP contribution is -2.36. The van der Waals surface area contributed by atoms with E-state index < -0.39 is 0 Å². The van der Waals surface area contributed by atoms with Gasteiger partial charge in [0.2, 0.25) is 5.91 Å². The molecule has 1 amide bonds. The molecule has 1 aliphatic heterocycles. The highest BCUT2D eigenvalue weighted by molar-refractivity contribution is 8.14. The van der Waals surface area contributed by atoms with E-state index in [9.17, 15) is 4.79 Å². The molecule has 0 spiro atoms. The minimum atomic E-state index is 0. The Labute approximate surface area is 161 Å². The van der Waals surface area contributed by atoms with E-state index in [2.05, 4.69) is 24.2 Å². The number of aliphatic imine (C=N–C) groups is 1. The van der Waals surface area contributed by atoms with Crippen molar-refractivity contribution in [2.75, 3.05) is 12.4 Å². The molecule has 138 valence electrons. The summed E-state index contributed by atoms with van der Waals surface area (Å²) in [6.45, 7) is 4.24. The number of amides is 1. The maximum absolute atomic E-state index is 12.4. The molecule has 0 aromatic heterocycles. The number of amidine groups is 1. The van der Waals surface area contributed by atoms with E-state index in [1.807, 2.05) is 43.0 Å². The van der Waals surface area contributed by atoms with Crippen LogP contribution in [0.4, 0.5) is 5.69 Å². The molecule has 0 radical (unpaired) electrons. The first kappa shape index (κ1) is 20.1. The van der Waals surface area contributed by atoms with Crippen LogP contribution in [0.15, 0.2) is 29.3 Å². The van der Waals surface area contributed by atoms with Crippen LogP contribution >= 0.6 is 24.2 Å². The zero-order valence-corrected chi connectivity index (χ0v) is 16.8. The third kappa shape index (κ3) is 5.14. The number of rotatable bonds is 4. The predicted molar refractivity (Wildman–Crippen MR) is 110 cm³/mol. The maximum atomic E-state index is 12.4. The number of anilines is 1. The SMILES string of the molecule is Cc1ccc(NC(=O)CC2C(C)SC(=NC3CCCC3)N2C)cc1.Cl. The van der Waals surface area contributed by atoms with E-state index in [1.54, 1.807) is 0 Å². The molecule has 1 aromatic carbocycles. The molecule has 3 rings (SSSR count). The van der Waals surface area contributed by atoms with Crippen LogP contribution < -0.4 is 5.32 Å². The minimum Gasteiger partial charge on any atom is -0.350 e. The second-order valence-electron chi connectivity index (χ2n) is 6.97. The van der Waals surface area contributed by atoms with Gasteiger partial charge in [0.05, 0.1) is 12.1 Å². The summed E-state index contributed by atoms with van der Waals surface area (Å²) < 4.78 is 0. The van der Waals surface area contributed by atoms with Crippen LogP contribution in [-0.4, -0.2) is 40.4 Å². The summed E-state index contributed by atoms with van der Waals surface area (Å²) in [5.41, 5.74) is 2.06. The van der Waals surface area contributed by atoms with Gasteiger partial charge in [0.15, 0.2) is 5.17 Å². The second kappa shape index (κ2) is 8.95. The Balaban J connectivity index is 0.00000225. The monoisotopic (exact) mass is 381 g/mol. The Kier molecular flexibility index (Phi) is 7.20. The van der Waals surface area contributed by atoms with Gasteiger partial charge in [-0.15, -0.1) is 12.4 Å². The topological polar surface area (TPSA) is 44.7 Å². The maximum Gasteiger partial charge on any atom is 0.226 e. The van der Waals surface area contributed by atoms with Crippen molar-refractivity contribution in [3.8, 4) is 0 Å². The molecule has 25 heavy (non-hydrogen) atoms. The van der Waals surface area contributed by atoms with Crippen molar-refractivity contribution in [2.45, 2.75) is 63.3 Å². The van der Waals surface area contributed by atoms with Gasteiger partial charge in [-0.05, 0) is 31.9 Å². The Morgan fingerprint density at radius 1 is 1.28 bits per heavy atom. The molecule has 2 atom stereocenters. The first-order valence-corrected chi connectivity index (χ1v) is 9.74. The highest BCUT2D eigenvalue weighted by atomic mass is 35.5. The van der Waals surface area contributed by atoms with Gasteiger partial charge < -0.3 is 10.2 Å². The van der Waals surface area contributed by atoms with Gasteiger partial charge in [-0.25, -0.2) is 0 Å². The molecule has 1 N–H and O–H groups in total. The number of carbonyl (C=O) groups excluding carboxylic acids is 1. The summed E-state index contributed by atoms with van der Waals surface area (Å²) in [4.78, 5) is 19.6. The Morgan fingerprint density at radius 2 is 1.92 bits per heavy atom. The highest BCUT2D eigenvalue weighted by Gasteiger charge is 2.36. The molecular weight excluding hydrogens is 354 g/mol. The molecule has 0 bridgehead atoms. The Hall–Kier alpha value is -1.20. The lowest BCUT2D eigenvalue weighted by molar-refractivity contribution is -0.117. The van der Waals surface area contributed by atoms with Gasteiger partial charge in [0.25, 0.3) is 0 Å². The number of nitrogens with zero attached hydrogens (tertiary/aromatic N) is 2. The van der Waals surface area contributed by atoms with E-state index in [4.69, 9.17) is 4.99 Å². The van der Waals surface area contributed by atoms with Gasteiger partial charge in [0.1, 0.15) is 0 Å². The third-order valence-electron chi connectivity index (χ3n) is 4.98. The van der Waals surface area contributed by atoms with Gasteiger partial charge in [-0.3, -0.25) is 9.79 Å². The minimum absolute atomic E-state index is 0. The van der Waals surface area contributed by atoms with Crippen LogP contribution in [0.5, 0.6) is 0 Å². The van der Waals surface area contributed by atoms with Crippen LogP contribution in [-0.2, 0) is 4.79 Å². The average Bonchev–Trinajstić information content (AvgIpc) is 3.14. The molecule has 2 aliphatic rings. The summed E-state index contributed by atoms with van der Waals surface area (Å²) in [6, 6.07) is 8.64. The standard InChI is InChI=1S/C19H27N3OS.ClH/c1-13-8-10-16(11-9-13)20-18(23)12-17-14(2)24-19(22(17)3)21-15-6-4-5-7-15;/h8-11,14-15,17H,4-7,12H2,1-3H3,(H,20,23);1H. The Bertz CT molecular complexity index is 614. The van der Waals surface area contributed by atoms with Crippen LogP contribution in [0.1, 0.15) is 44.6 Å². The summed E-state index contributed by atoms with van der Waals surface area (Å²) in [5, 5.41) is 4.51. The first-order valence-electron chi connectivity index (χ1n) is 8.87. The number of nitrogens with one attached hydrogen (secondary N) is 1. The summed E-state index contributed by atoms with van der Waals surface area (Å²) in [6.07, 6.45) is 5.53. The zero-order chi connectivity index (χ0) is 17.1. The van der Waals surface area contributed by atoms with E-state index in [0.29, 0.717) is 17.7 Å². The fourth-order valence-corrected chi connectivity index (χ4v) is 4.72. The van der Waals surface area contributed by atoms with Crippen LogP contribution in [0.25, 0.3) is 0 Å². The summed E-state index contributed by atoms with van der Waals surface area (Å²) in [5.74, 6) is 0.0743. The zero-order valence-electron chi connectivity index (χ0n) is 15.2. The van der Waals surface area contributed by atoms with Crippen LogP contribution in [0.2, 0.25) is 0 Å². The number of hydrogen-bond donors (Lipinski definition) is 1. The molecule has 4 nitrogen and oxygen atoms in total. The number of thioether (sulfide) groups is 1. The van der Waals surface area contributed by atoms with Gasteiger partial charge in [-0.2, -0.15) is 0 Å². The largest absolute Gasteiger partial charge is 0.350 e. The molecular formula is C19H28ClN3OS. The average molecular weight is 382 g/mol. The lowest BCUT2D eigenvalue weighted by Gasteiger charge is -2.23. The van der Waals surface area contributed by atoms with Crippen LogP contribution in [0.3, 0.4) is 0 Å². The van der Waals surface area contributed by atoms with Crippen molar-refractivity contribution in [2.24, 2.45) is 4.99 Å². The second-order valence-corrected chi connectivity index (χ2v) is 8.31. The van der Waals surface area contributed by atoms with Gasteiger partial charge in [0, 0.05) is 24.4 Å². The fraction of sp³-hybridized carbons (Fsp3) is 0.579. The number of carbonyl (C=O) groups is 1. The van der Waals surface area contributed by atoms with Crippen molar-refractivity contribution in [1.29, 1.82) is 0 Å². The van der Waals surface area contributed by atoms with E-state index in [-0.39, 0.29) is 24.4 Å². The molecule has 1 heterocycles. The summed E-state index contributed by atoms with van der Waals surface area (Å²) >= 11 is 1.81. The van der Waals surface area contributed by atoms with E-state index in [0.717, 1.165) is 10.9 Å². The van der Waals surface area contributed by atoms with Crippen molar-refractivity contribution in [3.63, 3.8) is 0 Å². The molecule has 6 heteroatoms. The number of hydrogen-bond acceptors (Lipinski definition) is 3. The molecule has 1 aliphatic carbocycles. The normalized spacial score (nSPS) is 25.2. The number of halogens is 1. The quantitative estimate of drug-likeness (QED) is 0.836. The van der Waals surface area contributed by atoms with Crippen molar-refractivity contribution in [1.82, 2.24) is 4.90 Å². The van der Waals surface area contributed by atoms with Gasteiger partial charge in [-0.1, -0.05) is 49.2 Å². The third-order valence-corrected chi connectivity index (χ3v) is 6.27.